The fourth-order valence-corrected chi connectivity index (χ4v) is 2.37. The fraction of sp³-hybridized carbons (Fsp3) is 0.615. The first kappa shape index (κ1) is 12.3. The van der Waals surface area contributed by atoms with E-state index in [1.807, 2.05) is 12.3 Å². The van der Waals surface area contributed by atoms with E-state index in [0.29, 0.717) is 6.54 Å². The van der Waals surface area contributed by atoms with Gasteiger partial charge in [0.1, 0.15) is 0 Å². The summed E-state index contributed by atoms with van der Waals surface area (Å²) in [5.41, 5.74) is 7.51. The molecule has 0 bridgehead atoms. The SMILES string of the molecule is CC1CN(c2ccc(CN)nc2)CC(C)(C)O1. The van der Waals surface area contributed by atoms with Crippen molar-refractivity contribution in [3.8, 4) is 0 Å². The first-order valence-corrected chi connectivity index (χ1v) is 6.08. The smallest absolute Gasteiger partial charge is 0.0805 e. The van der Waals surface area contributed by atoms with Gasteiger partial charge in [-0.2, -0.15) is 0 Å². The Morgan fingerprint density at radius 3 is 2.82 bits per heavy atom. The Morgan fingerprint density at radius 1 is 1.53 bits per heavy atom. The second-order valence-corrected chi connectivity index (χ2v) is 5.28. The summed E-state index contributed by atoms with van der Waals surface area (Å²) in [6.45, 7) is 8.64. The lowest BCUT2D eigenvalue weighted by atomic mass is 10.1. The van der Waals surface area contributed by atoms with E-state index in [-0.39, 0.29) is 11.7 Å². The van der Waals surface area contributed by atoms with E-state index in [0.717, 1.165) is 24.5 Å². The molecule has 0 radical (unpaired) electrons. The molecule has 0 saturated carbocycles. The van der Waals surface area contributed by atoms with Crippen molar-refractivity contribution in [3.05, 3.63) is 24.0 Å². The minimum Gasteiger partial charge on any atom is -0.369 e. The van der Waals surface area contributed by atoms with Gasteiger partial charge in [0.25, 0.3) is 0 Å². The lowest BCUT2D eigenvalue weighted by Gasteiger charge is -2.42. The van der Waals surface area contributed by atoms with E-state index in [4.69, 9.17) is 10.5 Å². The van der Waals surface area contributed by atoms with Crippen LogP contribution in [0, 0.1) is 0 Å². The molecule has 17 heavy (non-hydrogen) atoms. The Hall–Kier alpha value is -1.13. The van der Waals surface area contributed by atoms with Crippen LogP contribution in [0.15, 0.2) is 18.3 Å². The first-order chi connectivity index (χ1) is 8.00. The molecule has 0 aliphatic carbocycles. The van der Waals surface area contributed by atoms with Gasteiger partial charge in [0.05, 0.1) is 29.3 Å². The van der Waals surface area contributed by atoms with Crippen LogP contribution in [0.4, 0.5) is 5.69 Å². The summed E-state index contributed by atoms with van der Waals surface area (Å²) in [6, 6.07) is 4.08. The number of nitrogens with two attached hydrogens (primary N) is 1. The summed E-state index contributed by atoms with van der Waals surface area (Å²) in [5, 5.41) is 0. The van der Waals surface area contributed by atoms with E-state index < -0.39 is 0 Å². The van der Waals surface area contributed by atoms with Gasteiger partial charge >= 0.3 is 0 Å². The molecule has 1 aliphatic rings. The molecule has 2 heterocycles. The Bertz CT molecular complexity index is 375. The highest BCUT2D eigenvalue weighted by atomic mass is 16.5. The van der Waals surface area contributed by atoms with Crippen molar-refractivity contribution in [2.45, 2.75) is 39.0 Å². The summed E-state index contributed by atoms with van der Waals surface area (Å²) in [4.78, 5) is 6.66. The molecule has 4 heteroatoms. The molecule has 1 aliphatic heterocycles. The van der Waals surface area contributed by atoms with E-state index in [9.17, 15) is 0 Å². The summed E-state index contributed by atoms with van der Waals surface area (Å²) in [6.07, 6.45) is 2.14. The van der Waals surface area contributed by atoms with Gasteiger partial charge in [0.15, 0.2) is 0 Å². The number of ether oxygens (including phenoxy) is 1. The predicted molar refractivity (Wildman–Crippen MR) is 69.0 cm³/mol. The quantitative estimate of drug-likeness (QED) is 0.845. The van der Waals surface area contributed by atoms with E-state index in [2.05, 4.69) is 36.7 Å². The van der Waals surface area contributed by atoms with Crippen LogP contribution in [-0.2, 0) is 11.3 Å². The first-order valence-electron chi connectivity index (χ1n) is 6.08. The van der Waals surface area contributed by atoms with Crippen molar-refractivity contribution in [1.82, 2.24) is 4.98 Å². The van der Waals surface area contributed by atoms with Crippen molar-refractivity contribution >= 4 is 5.69 Å². The van der Waals surface area contributed by atoms with E-state index >= 15 is 0 Å². The number of aromatic nitrogens is 1. The monoisotopic (exact) mass is 235 g/mol. The van der Waals surface area contributed by atoms with E-state index in [1.165, 1.54) is 0 Å². The maximum Gasteiger partial charge on any atom is 0.0805 e. The van der Waals surface area contributed by atoms with Crippen molar-refractivity contribution in [2.75, 3.05) is 18.0 Å². The second-order valence-electron chi connectivity index (χ2n) is 5.28. The van der Waals surface area contributed by atoms with Gasteiger partial charge in [-0.25, -0.2) is 0 Å². The average molecular weight is 235 g/mol. The second kappa shape index (κ2) is 4.63. The average Bonchev–Trinajstić information content (AvgIpc) is 2.26. The van der Waals surface area contributed by atoms with Gasteiger partial charge in [0.2, 0.25) is 0 Å². The fourth-order valence-electron chi connectivity index (χ4n) is 2.37. The largest absolute Gasteiger partial charge is 0.369 e. The number of rotatable bonds is 2. The van der Waals surface area contributed by atoms with Crippen LogP contribution in [0.2, 0.25) is 0 Å². The molecule has 1 fully saturated rings. The van der Waals surface area contributed by atoms with Gasteiger partial charge < -0.3 is 15.4 Å². The van der Waals surface area contributed by atoms with Crippen LogP contribution in [0.25, 0.3) is 0 Å². The molecule has 1 atom stereocenters. The number of hydrogen-bond acceptors (Lipinski definition) is 4. The Morgan fingerprint density at radius 2 is 2.29 bits per heavy atom. The molecule has 1 aromatic heterocycles. The van der Waals surface area contributed by atoms with E-state index in [1.54, 1.807) is 0 Å². The van der Waals surface area contributed by atoms with Crippen molar-refractivity contribution in [2.24, 2.45) is 5.73 Å². The summed E-state index contributed by atoms with van der Waals surface area (Å²) in [5.74, 6) is 0. The van der Waals surface area contributed by atoms with Gasteiger partial charge in [-0.3, -0.25) is 4.98 Å². The third-order valence-electron chi connectivity index (χ3n) is 2.95. The molecular weight excluding hydrogens is 214 g/mol. The van der Waals surface area contributed by atoms with Gasteiger partial charge in [0, 0.05) is 19.6 Å². The van der Waals surface area contributed by atoms with Crippen LogP contribution < -0.4 is 10.6 Å². The molecule has 1 saturated heterocycles. The molecule has 2 rings (SSSR count). The molecule has 94 valence electrons. The minimum atomic E-state index is -0.107. The van der Waals surface area contributed by atoms with Gasteiger partial charge in [-0.05, 0) is 32.9 Å². The standard InChI is InChI=1S/C13H21N3O/c1-10-8-16(9-13(2,3)17-10)12-5-4-11(6-14)15-7-12/h4-5,7,10H,6,8-9,14H2,1-3H3. The van der Waals surface area contributed by atoms with Crippen LogP contribution >= 0.6 is 0 Å². The summed E-state index contributed by atoms with van der Waals surface area (Å²) in [7, 11) is 0. The third kappa shape index (κ3) is 2.96. The zero-order valence-corrected chi connectivity index (χ0v) is 10.8. The topological polar surface area (TPSA) is 51.4 Å². The van der Waals surface area contributed by atoms with Crippen molar-refractivity contribution in [1.29, 1.82) is 0 Å². The number of anilines is 1. The molecule has 1 aromatic rings. The molecule has 0 aromatic carbocycles. The maximum absolute atomic E-state index is 5.89. The lowest BCUT2D eigenvalue weighted by molar-refractivity contribution is -0.0749. The van der Waals surface area contributed by atoms with Crippen LogP contribution in [-0.4, -0.2) is 29.8 Å². The molecule has 1 unspecified atom stereocenters. The highest BCUT2D eigenvalue weighted by molar-refractivity contribution is 5.45. The molecule has 0 spiro atoms. The van der Waals surface area contributed by atoms with Crippen LogP contribution in [0.3, 0.4) is 0 Å². The summed E-state index contributed by atoms with van der Waals surface area (Å²) >= 11 is 0. The molecule has 4 nitrogen and oxygen atoms in total. The molecule has 2 N–H and O–H groups in total. The predicted octanol–water partition coefficient (Wildman–Crippen LogP) is 1.54. The van der Waals surface area contributed by atoms with Crippen LogP contribution in [0.1, 0.15) is 26.5 Å². The minimum absolute atomic E-state index is 0.107. The zero-order chi connectivity index (χ0) is 12.5. The van der Waals surface area contributed by atoms with Crippen molar-refractivity contribution < 1.29 is 4.74 Å². The van der Waals surface area contributed by atoms with Gasteiger partial charge in [-0.1, -0.05) is 0 Å². The highest BCUT2D eigenvalue weighted by Crippen LogP contribution is 2.25. The zero-order valence-electron chi connectivity index (χ0n) is 10.8. The number of pyridine rings is 1. The Kier molecular flexibility index (Phi) is 3.35. The maximum atomic E-state index is 5.89. The highest BCUT2D eigenvalue weighted by Gasteiger charge is 2.31. The van der Waals surface area contributed by atoms with Crippen LogP contribution in [0.5, 0.6) is 0 Å². The number of morpholine rings is 1. The Labute approximate surface area is 103 Å². The number of nitrogens with zero attached hydrogens (tertiary/aromatic N) is 2. The van der Waals surface area contributed by atoms with Gasteiger partial charge in [-0.15, -0.1) is 0 Å². The Balaban J connectivity index is 2.15. The normalized spacial score (nSPS) is 23.8. The van der Waals surface area contributed by atoms with Crippen molar-refractivity contribution in [3.63, 3.8) is 0 Å². The molecular formula is C13H21N3O. The number of hydrogen-bond donors (Lipinski definition) is 1. The molecule has 0 amide bonds. The third-order valence-corrected chi connectivity index (χ3v) is 2.95. The summed E-state index contributed by atoms with van der Waals surface area (Å²) < 4.78 is 5.89. The lowest BCUT2D eigenvalue weighted by Crippen LogP contribution is -2.52.